The van der Waals surface area contributed by atoms with Crippen molar-refractivity contribution >= 4 is 23.5 Å². The van der Waals surface area contributed by atoms with Gasteiger partial charge < -0.3 is 9.72 Å². The number of Topliss-reactive ketones (excluding diaryl/α,β-unsaturated/α-hetero) is 1. The van der Waals surface area contributed by atoms with Gasteiger partial charge in [-0.3, -0.25) is 14.9 Å². The van der Waals surface area contributed by atoms with Gasteiger partial charge in [0.2, 0.25) is 5.78 Å². The van der Waals surface area contributed by atoms with Crippen molar-refractivity contribution in [2.45, 2.75) is 20.8 Å². The van der Waals surface area contributed by atoms with Gasteiger partial charge in [-0.15, -0.1) is 0 Å². The quantitative estimate of drug-likeness (QED) is 0.208. The van der Waals surface area contributed by atoms with E-state index in [4.69, 9.17) is 4.74 Å². The van der Waals surface area contributed by atoms with E-state index >= 15 is 0 Å². The van der Waals surface area contributed by atoms with Gasteiger partial charge in [0.05, 0.1) is 22.7 Å². The number of non-ortho nitro benzene ring substituents is 1. The van der Waals surface area contributed by atoms with E-state index in [1.807, 2.05) is 6.07 Å². The minimum Gasteiger partial charge on any atom is -0.462 e. The molecule has 0 atom stereocenters. The first-order valence-electron chi connectivity index (χ1n) is 8.07. The molecule has 0 aliphatic carbocycles. The number of allylic oxidation sites excluding steroid dienone is 1. The zero-order chi connectivity index (χ0) is 20.1. The molecule has 1 aromatic carbocycles. The SMILES string of the molecule is CCOC(=O)c1c(C)[nH]c(C)c1C(=O)/C(C#N)=C/c1cccc([N+](=O)[O-])c1. The van der Waals surface area contributed by atoms with Crippen molar-refractivity contribution in [3.05, 3.63) is 68.0 Å². The zero-order valence-corrected chi connectivity index (χ0v) is 15.0. The summed E-state index contributed by atoms with van der Waals surface area (Å²) >= 11 is 0. The number of nitro groups is 1. The van der Waals surface area contributed by atoms with Gasteiger partial charge in [-0.25, -0.2) is 4.79 Å². The molecular formula is C19H17N3O5. The van der Waals surface area contributed by atoms with Crippen molar-refractivity contribution in [3.8, 4) is 6.07 Å². The third-order valence-corrected chi connectivity index (χ3v) is 3.84. The maximum atomic E-state index is 12.9. The van der Waals surface area contributed by atoms with E-state index in [9.17, 15) is 25.0 Å². The lowest BCUT2D eigenvalue weighted by atomic mass is 9.98. The predicted octanol–water partition coefficient (Wildman–Crippen LogP) is 3.51. The molecule has 0 amide bonds. The number of esters is 1. The van der Waals surface area contributed by atoms with Crippen LogP contribution in [0.25, 0.3) is 6.08 Å². The number of benzene rings is 1. The number of nitro benzene ring substituents is 1. The summed E-state index contributed by atoms with van der Waals surface area (Å²) in [6.07, 6.45) is 1.26. The van der Waals surface area contributed by atoms with Crippen LogP contribution >= 0.6 is 0 Å². The first-order valence-corrected chi connectivity index (χ1v) is 8.07. The van der Waals surface area contributed by atoms with Gasteiger partial charge in [0.15, 0.2) is 0 Å². The maximum absolute atomic E-state index is 12.9. The third kappa shape index (κ3) is 4.10. The largest absolute Gasteiger partial charge is 0.462 e. The number of aromatic nitrogens is 1. The first-order chi connectivity index (χ1) is 12.8. The lowest BCUT2D eigenvalue weighted by Gasteiger charge is -2.05. The molecule has 1 aromatic heterocycles. The lowest BCUT2D eigenvalue weighted by molar-refractivity contribution is -0.384. The number of ether oxygens (including phenoxy) is 1. The van der Waals surface area contributed by atoms with E-state index in [-0.39, 0.29) is 29.0 Å². The van der Waals surface area contributed by atoms with E-state index in [0.717, 1.165) is 0 Å². The summed E-state index contributed by atoms with van der Waals surface area (Å²) in [6, 6.07) is 7.37. The average Bonchev–Trinajstić information content (AvgIpc) is 2.93. The Morgan fingerprint density at radius 3 is 2.56 bits per heavy atom. The Morgan fingerprint density at radius 1 is 1.30 bits per heavy atom. The molecule has 0 unspecified atom stereocenters. The van der Waals surface area contributed by atoms with Crippen LogP contribution in [0, 0.1) is 35.3 Å². The summed E-state index contributed by atoms with van der Waals surface area (Å²) in [4.78, 5) is 38.4. The van der Waals surface area contributed by atoms with Crippen molar-refractivity contribution in [1.29, 1.82) is 5.26 Å². The Kier molecular flexibility index (Phi) is 5.88. The van der Waals surface area contributed by atoms with Crippen LogP contribution in [0.1, 0.15) is 44.6 Å². The van der Waals surface area contributed by atoms with Crippen molar-refractivity contribution in [3.63, 3.8) is 0 Å². The number of nitrogens with one attached hydrogen (secondary N) is 1. The molecule has 2 aromatic rings. The van der Waals surface area contributed by atoms with Crippen molar-refractivity contribution in [2.75, 3.05) is 6.61 Å². The van der Waals surface area contributed by atoms with Gasteiger partial charge in [-0.2, -0.15) is 5.26 Å². The summed E-state index contributed by atoms with van der Waals surface area (Å²) < 4.78 is 5.00. The first kappa shape index (κ1) is 19.6. The van der Waals surface area contributed by atoms with Crippen LogP contribution < -0.4 is 0 Å². The Bertz CT molecular complexity index is 995. The summed E-state index contributed by atoms with van der Waals surface area (Å²) in [5.41, 5.74) is 0.959. The van der Waals surface area contributed by atoms with Crippen molar-refractivity contribution < 1.29 is 19.2 Å². The van der Waals surface area contributed by atoms with Gasteiger partial charge in [-0.1, -0.05) is 12.1 Å². The predicted molar refractivity (Wildman–Crippen MR) is 97.2 cm³/mol. The minimum atomic E-state index is -0.658. The molecule has 0 saturated carbocycles. The zero-order valence-electron chi connectivity index (χ0n) is 15.0. The Labute approximate surface area is 155 Å². The normalized spacial score (nSPS) is 11.0. The van der Waals surface area contributed by atoms with Crippen LogP contribution in [-0.4, -0.2) is 28.3 Å². The second-order valence-corrected chi connectivity index (χ2v) is 5.70. The number of hydrogen-bond donors (Lipinski definition) is 1. The minimum absolute atomic E-state index is 0.0594. The molecule has 0 saturated heterocycles. The van der Waals surface area contributed by atoms with Gasteiger partial charge >= 0.3 is 5.97 Å². The third-order valence-electron chi connectivity index (χ3n) is 3.84. The summed E-state index contributed by atoms with van der Waals surface area (Å²) in [7, 11) is 0. The van der Waals surface area contributed by atoms with Crippen LogP contribution in [0.5, 0.6) is 0 Å². The highest BCUT2D eigenvalue weighted by atomic mass is 16.6. The molecule has 27 heavy (non-hydrogen) atoms. The number of carbonyl (C=O) groups is 2. The van der Waals surface area contributed by atoms with Crippen LogP contribution in [0.2, 0.25) is 0 Å². The molecule has 1 heterocycles. The maximum Gasteiger partial charge on any atom is 0.340 e. The molecule has 0 aliphatic rings. The van der Waals surface area contributed by atoms with Gasteiger partial charge in [0, 0.05) is 23.5 Å². The molecule has 0 aliphatic heterocycles. The number of hydrogen-bond acceptors (Lipinski definition) is 6. The van der Waals surface area contributed by atoms with Gasteiger partial charge in [0.25, 0.3) is 5.69 Å². The monoisotopic (exact) mass is 367 g/mol. The van der Waals surface area contributed by atoms with Crippen LogP contribution in [-0.2, 0) is 4.74 Å². The highest BCUT2D eigenvalue weighted by molar-refractivity contribution is 6.19. The number of ketones is 1. The van der Waals surface area contributed by atoms with E-state index in [1.54, 1.807) is 26.8 Å². The molecule has 0 bridgehead atoms. The number of nitriles is 1. The standard InChI is InChI=1S/C19H17N3O5/c1-4-27-19(24)17-12(3)21-11(2)16(17)18(23)14(10-20)8-13-6-5-7-15(9-13)22(25)26/h5-9,21H,4H2,1-3H3/b14-8+. The molecule has 138 valence electrons. The fourth-order valence-electron chi connectivity index (χ4n) is 2.70. The lowest BCUT2D eigenvalue weighted by Crippen LogP contribution is -2.13. The molecule has 1 N–H and O–H groups in total. The van der Waals surface area contributed by atoms with Gasteiger partial charge in [0.1, 0.15) is 11.6 Å². The van der Waals surface area contributed by atoms with Crippen molar-refractivity contribution in [2.24, 2.45) is 0 Å². The summed E-state index contributed by atoms with van der Waals surface area (Å²) in [5, 5.41) is 20.3. The number of H-pyrrole nitrogens is 1. The highest BCUT2D eigenvalue weighted by Gasteiger charge is 2.27. The second-order valence-electron chi connectivity index (χ2n) is 5.70. The number of rotatable bonds is 6. The number of aromatic amines is 1. The summed E-state index contributed by atoms with van der Waals surface area (Å²) in [6.45, 7) is 5.04. The van der Waals surface area contributed by atoms with E-state index in [1.165, 1.54) is 24.3 Å². The fraction of sp³-hybridized carbons (Fsp3) is 0.211. The second kappa shape index (κ2) is 8.10. The van der Waals surface area contributed by atoms with Crippen molar-refractivity contribution in [1.82, 2.24) is 4.98 Å². The van der Waals surface area contributed by atoms with Crippen LogP contribution in [0.3, 0.4) is 0 Å². The molecule has 0 fully saturated rings. The summed E-state index contributed by atoms with van der Waals surface area (Å²) in [5.74, 6) is -1.32. The molecule has 0 radical (unpaired) electrons. The smallest absolute Gasteiger partial charge is 0.340 e. The number of aryl methyl sites for hydroxylation is 2. The number of nitrogens with zero attached hydrogens (tertiary/aromatic N) is 2. The Morgan fingerprint density at radius 2 is 1.96 bits per heavy atom. The highest BCUT2D eigenvalue weighted by Crippen LogP contribution is 2.24. The van der Waals surface area contributed by atoms with E-state index < -0.39 is 16.7 Å². The van der Waals surface area contributed by atoms with Crippen LogP contribution in [0.15, 0.2) is 29.8 Å². The topological polar surface area (TPSA) is 126 Å². The Hall–Kier alpha value is -3.73. The molecule has 8 heteroatoms. The van der Waals surface area contributed by atoms with Crippen LogP contribution in [0.4, 0.5) is 5.69 Å². The molecular weight excluding hydrogens is 350 g/mol. The Balaban J connectivity index is 2.53. The molecule has 2 rings (SSSR count). The van der Waals surface area contributed by atoms with E-state index in [0.29, 0.717) is 17.0 Å². The van der Waals surface area contributed by atoms with Gasteiger partial charge in [-0.05, 0) is 32.4 Å². The fourth-order valence-corrected chi connectivity index (χ4v) is 2.70. The average molecular weight is 367 g/mol. The van der Waals surface area contributed by atoms with E-state index in [2.05, 4.69) is 4.98 Å². The molecule has 8 nitrogen and oxygen atoms in total. The molecule has 0 spiro atoms. The number of carbonyl (C=O) groups excluding carboxylic acids is 2.